The van der Waals surface area contributed by atoms with Crippen LogP contribution in [-0.2, 0) is 17.7 Å². The fraction of sp³-hybridized carbons (Fsp3) is 0.333. The van der Waals surface area contributed by atoms with Crippen molar-refractivity contribution < 1.29 is 17.7 Å². The van der Waals surface area contributed by atoms with Crippen molar-refractivity contribution in [2.75, 3.05) is 0 Å². The second-order valence-corrected chi connectivity index (χ2v) is 40.4. The summed E-state index contributed by atoms with van der Waals surface area (Å²) in [4.78, 5) is 1.58. The van der Waals surface area contributed by atoms with Gasteiger partial charge in [-0.15, -0.1) is 24.8 Å². The predicted molar refractivity (Wildman–Crippen MR) is 134 cm³/mol. The van der Waals surface area contributed by atoms with Gasteiger partial charge in [-0.25, -0.2) is 0 Å². The first-order valence-corrected chi connectivity index (χ1v) is 24.2. The zero-order valence-electron chi connectivity index (χ0n) is 16.9. The van der Waals surface area contributed by atoms with Crippen LogP contribution in [0.5, 0.6) is 0 Å². The number of benzene rings is 2. The van der Waals surface area contributed by atoms with Gasteiger partial charge in [0.2, 0.25) is 0 Å². The average Bonchev–Trinajstić information content (AvgIpc) is 2.97. The smallest absolute Gasteiger partial charge is 0.147 e. The molecule has 1 aromatic heterocycles. The van der Waals surface area contributed by atoms with Crippen molar-refractivity contribution in [2.24, 2.45) is 0 Å². The monoisotopic (exact) mass is 593 g/mol. The summed E-state index contributed by atoms with van der Waals surface area (Å²) in [6, 6.07) is 15.8. The molecule has 7 heteroatoms. The number of hydrogen-bond donors (Lipinski definition) is 1. The Morgan fingerprint density at radius 3 is 2.36 bits per heavy atom. The van der Waals surface area contributed by atoms with E-state index < -0.39 is 17.7 Å². The van der Waals surface area contributed by atoms with Gasteiger partial charge in [0.25, 0.3) is 0 Å². The molecule has 1 N–H and O–H groups in total. The molecule has 1 aliphatic carbocycles. The number of thiophene rings is 1. The molecule has 0 spiro atoms. The zero-order valence-corrected chi connectivity index (χ0v) is 24.8. The summed E-state index contributed by atoms with van der Waals surface area (Å²) in [6.07, 6.45) is 0. The van der Waals surface area contributed by atoms with Gasteiger partial charge in [0, 0.05) is 0 Å². The van der Waals surface area contributed by atoms with Crippen LogP contribution >= 0.6 is 52.1 Å². The molecule has 1 heterocycles. The van der Waals surface area contributed by atoms with Crippen molar-refractivity contribution in [2.45, 2.75) is 39.2 Å². The van der Waals surface area contributed by atoms with Crippen molar-refractivity contribution >= 4 is 69.0 Å². The molecule has 28 heavy (non-hydrogen) atoms. The number of halogens is 3. The van der Waals surface area contributed by atoms with E-state index in [0.717, 1.165) is 0 Å². The Kier molecular flexibility index (Phi) is 6.99. The molecule has 2 aromatic carbocycles. The Bertz CT molecular complexity index is 1110. The average molecular weight is 597 g/mol. The predicted octanol–water partition coefficient (Wildman–Crippen LogP) is 7.21. The van der Waals surface area contributed by atoms with E-state index in [2.05, 4.69) is 98.6 Å². The molecule has 0 bridgehead atoms. The molecule has 1 aliphatic rings. The maximum Gasteiger partial charge on any atom is -0.147 e. The van der Waals surface area contributed by atoms with E-state index in [-0.39, 0.29) is 30.4 Å². The fourth-order valence-corrected chi connectivity index (χ4v) is 27.6. The van der Waals surface area contributed by atoms with Crippen LogP contribution in [0.4, 0.5) is 0 Å². The molecule has 4 rings (SSSR count). The van der Waals surface area contributed by atoms with E-state index in [1.165, 1.54) is 31.2 Å². The Hall–Kier alpha value is 0.520. The van der Waals surface area contributed by atoms with E-state index in [1.807, 2.05) is 11.3 Å². The standard InChI is InChI=1S/C15H8BrS.C4H10N.2CH3.2ClH.H2Si.Zr/c16-10-5-6-11-9(7-10)8-14-15(11)12-3-1-2-4-13(12)17-14;1-4(2,3)5;;;;;;/h1-8H;5H,1-3H3;2*1H3;2*1H;1H2;/q;-1;;;;;;+1. The van der Waals surface area contributed by atoms with E-state index in [0.29, 0.717) is 3.63 Å². The van der Waals surface area contributed by atoms with Crippen LogP contribution in [0.1, 0.15) is 34.8 Å². The Labute approximate surface area is 195 Å². The van der Waals surface area contributed by atoms with Gasteiger partial charge in [0.15, 0.2) is 0 Å². The maximum absolute atomic E-state index is 4.17. The van der Waals surface area contributed by atoms with E-state index in [4.69, 9.17) is 0 Å². The van der Waals surface area contributed by atoms with Crippen LogP contribution in [-0.4, -0.2) is 12.4 Å². The summed E-state index contributed by atoms with van der Waals surface area (Å²) in [6.45, 7) is 9.23. The van der Waals surface area contributed by atoms with Crippen LogP contribution in [0.2, 0.25) is 9.26 Å². The number of rotatable bonds is 2. The Balaban J connectivity index is 0.00000140. The van der Waals surface area contributed by atoms with Crippen molar-refractivity contribution in [3.8, 4) is 11.1 Å². The minimum atomic E-state index is -3.27. The van der Waals surface area contributed by atoms with Crippen LogP contribution in [0.15, 0.2) is 46.9 Å². The van der Waals surface area contributed by atoms with Crippen LogP contribution in [0.25, 0.3) is 21.2 Å². The summed E-state index contributed by atoms with van der Waals surface area (Å²) in [7, 11) is 0. The first-order valence-electron chi connectivity index (χ1n) is 9.13. The Morgan fingerprint density at radius 1 is 1.07 bits per heavy atom. The van der Waals surface area contributed by atoms with Crippen molar-refractivity contribution in [1.82, 2.24) is 3.26 Å². The molecule has 3 aromatic rings. The molecular formula is C21H28BrCl2NSSiZr. The first-order chi connectivity index (χ1) is 11.9. The number of fused-ring (bicyclic) bond motifs is 5. The molecule has 0 saturated carbocycles. The zero-order chi connectivity index (χ0) is 18.9. The SMILES string of the molecule is CC(C)(C)[NH][Zr]([CH3])([CH3])(=[SiH2])[CH]1c2cc(Br)ccc2-c2c1sc1ccccc21.Cl.Cl. The summed E-state index contributed by atoms with van der Waals surface area (Å²) < 4.78 is 12.5. The van der Waals surface area contributed by atoms with Crippen molar-refractivity contribution in [1.29, 1.82) is 0 Å². The first kappa shape index (κ1) is 24.8. The van der Waals surface area contributed by atoms with E-state index >= 15 is 0 Å². The minimum absolute atomic E-state index is 0. The van der Waals surface area contributed by atoms with Gasteiger partial charge in [-0.05, 0) is 0 Å². The topological polar surface area (TPSA) is 12.0 Å². The fourth-order valence-electron chi connectivity index (χ4n) is 4.91. The quantitative estimate of drug-likeness (QED) is 0.308. The van der Waals surface area contributed by atoms with Gasteiger partial charge < -0.3 is 0 Å². The van der Waals surface area contributed by atoms with Gasteiger partial charge in [-0.2, -0.15) is 0 Å². The van der Waals surface area contributed by atoms with Crippen LogP contribution in [0.3, 0.4) is 0 Å². The molecule has 0 amide bonds. The summed E-state index contributed by atoms with van der Waals surface area (Å²) >= 11 is 2.47. The van der Waals surface area contributed by atoms with E-state index in [9.17, 15) is 0 Å². The van der Waals surface area contributed by atoms with Crippen LogP contribution in [0, 0.1) is 0 Å². The molecule has 0 fully saturated rings. The Morgan fingerprint density at radius 2 is 1.71 bits per heavy atom. The summed E-state index contributed by atoms with van der Waals surface area (Å²) in [5.74, 6) is 0. The largest absolute Gasteiger partial charge is 0.147 e. The second kappa shape index (κ2) is 7.89. The molecule has 1 nitrogen and oxygen atoms in total. The summed E-state index contributed by atoms with van der Waals surface area (Å²) in [5, 5.41) is 1.42. The third kappa shape index (κ3) is 4.28. The molecule has 0 radical (unpaired) electrons. The summed E-state index contributed by atoms with van der Waals surface area (Å²) in [5.41, 5.74) is 4.58. The van der Waals surface area contributed by atoms with Gasteiger partial charge in [-0.1, -0.05) is 0 Å². The molecule has 1 unspecified atom stereocenters. The molecular weight excluding hydrogens is 568 g/mol. The van der Waals surface area contributed by atoms with Gasteiger partial charge in [0.1, 0.15) is 0 Å². The molecule has 152 valence electrons. The van der Waals surface area contributed by atoms with Gasteiger partial charge >= 0.3 is 173 Å². The molecule has 1 atom stereocenters. The van der Waals surface area contributed by atoms with Crippen molar-refractivity contribution in [3.05, 3.63) is 57.4 Å². The van der Waals surface area contributed by atoms with Crippen molar-refractivity contribution in [3.63, 3.8) is 0 Å². The number of nitrogens with one attached hydrogen (secondary N) is 1. The van der Waals surface area contributed by atoms with E-state index in [1.54, 1.807) is 4.88 Å². The molecule has 0 aliphatic heterocycles. The molecule has 0 saturated heterocycles. The third-order valence-electron chi connectivity index (χ3n) is 5.19. The third-order valence-corrected chi connectivity index (χ3v) is 20.8. The normalized spacial score (nSPS) is 16.2. The van der Waals surface area contributed by atoms with Crippen LogP contribution < -0.4 is 3.26 Å². The maximum atomic E-state index is 4.17. The minimum Gasteiger partial charge on any atom is -0.147 e. The van der Waals surface area contributed by atoms with Gasteiger partial charge in [0.05, 0.1) is 0 Å². The number of hydrogen-bond acceptors (Lipinski definition) is 2. The second-order valence-electron chi connectivity index (χ2n) is 9.69. The van der Waals surface area contributed by atoms with Gasteiger partial charge in [-0.3, -0.25) is 0 Å².